The minimum Gasteiger partial charge on any atom is -0.481 e. The predicted molar refractivity (Wildman–Crippen MR) is 62.7 cm³/mol. The van der Waals surface area contributed by atoms with Crippen LogP contribution in [0.5, 0.6) is 0 Å². The van der Waals surface area contributed by atoms with Gasteiger partial charge in [-0.1, -0.05) is 0 Å². The average molecular weight is 240 g/mol. The van der Waals surface area contributed by atoms with Gasteiger partial charge in [-0.25, -0.2) is 4.79 Å². The molecule has 0 spiro atoms. The van der Waals surface area contributed by atoms with Gasteiger partial charge in [0.15, 0.2) is 0 Å². The van der Waals surface area contributed by atoms with Crippen LogP contribution >= 0.6 is 0 Å². The molecule has 17 heavy (non-hydrogen) atoms. The Hall–Kier alpha value is -1.26. The molecule has 2 saturated carbocycles. The number of carbonyl (C=O) groups excluding carboxylic acids is 1. The highest BCUT2D eigenvalue weighted by atomic mass is 16.4. The molecule has 2 aliphatic rings. The third kappa shape index (κ3) is 3.11. The zero-order valence-corrected chi connectivity index (χ0v) is 10.00. The molecular weight excluding hydrogens is 220 g/mol. The second-order valence-corrected chi connectivity index (χ2v) is 5.40. The van der Waals surface area contributed by atoms with Crippen molar-refractivity contribution in [1.29, 1.82) is 0 Å². The number of carbonyl (C=O) groups is 2. The molecule has 0 heterocycles. The van der Waals surface area contributed by atoms with E-state index in [9.17, 15) is 9.59 Å². The second-order valence-electron chi connectivity index (χ2n) is 5.40. The summed E-state index contributed by atoms with van der Waals surface area (Å²) in [7, 11) is 0. The zero-order chi connectivity index (χ0) is 12.3. The van der Waals surface area contributed by atoms with Crippen molar-refractivity contribution < 1.29 is 14.7 Å². The normalized spacial score (nSPS) is 30.2. The van der Waals surface area contributed by atoms with Gasteiger partial charge in [0.25, 0.3) is 0 Å². The lowest BCUT2D eigenvalue weighted by molar-refractivity contribution is -0.136. The van der Waals surface area contributed by atoms with Gasteiger partial charge < -0.3 is 15.7 Å². The summed E-state index contributed by atoms with van der Waals surface area (Å²) in [5.74, 6) is -0.00908. The van der Waals surface area contributed by atoms with Crippen LogP contribution in [0.25, 0.3) is 0 Å². The largest absolute Gasteiger partial charge is 0.481 e. The highest BCUT2D eigenvalue weighted by Gasteiger charge is 2.44. The maximum Gasteiger partial charge on any atom is 0.314 e. The van der Waals surface area contributed by atoms with Crippen LogP contribution in [0, 0.1) is 11.3 Å². The Balaban J connectivity index is 1.64. The standard InChI is InChI=1S/C12H20N2O3/c15-10(16)3-6-13-11(17)14-8-12-4-1-9(7-12)2-5-12/h9H,1-8H2,(H,15,16)(H2,13,14,17). The second kappa shape index (κ2) is 4.94. The van der Waals surface area contributed by atoms with E-state index in [1.54, 1.807) is 0 Å². The van der Waals surface area contributed by atoms with Crippen LogP contribution in [-0.2, 0) is 4.79 Å². The van der Waals surface area contributed by atoms with Crippen molar-refractivity contribution in [3.63, 3.8) is 0 Å². The van der Waals surface area contributed by atoms with E-state index in [0.29, 0.717) is 5.41 Å². The van der Waals surface area contributed by atoms with Crippen LogP contribution < -0.4 is 10.6 Å². The van der Waals surface area contributed by atoms with Gasteiger partial charge in [-0.15, -0.1) is 0 Å². The van der Waals surface area contributed by atoms with Gasteiger partial charge in [0.2, 0.25) is 0 Å². The van der Waals surface area contributed by atoms with E-state index in [-0.39, 0.29) is 19.0 Å². The number of carboxylic acid groups (broad SMARTS) is 1. The van der Waals surface area contributed by atoms with Gasteiger partial charge in [-0.3, -0.25) is 4.79 Å². The molecule has 0 radical (unpaired) electrons. The third-order valence-corrected chi connectivity index (χ3v) is 4.14. The Morgan fingerprint density at radius 1 is 1.24 bits per heavy atom. The summed E-state index contributed by atoms with van der Waals surface area (Å²) in [5, 5.41) is 13.9. The molecule has 2 bridgehead atoms. The third-order valence-electron chi connectivity index (χ3n) is 4.14. The van der Waals surface area contributed by atoms with E-state index in [2.05, 4.69) is 10.6 Å². The summed E-state index contributed by atoms with van der Waals surface area (Å²) in [6.45, 7) is 0.930. The molecule has 0 atom stereocenters. The van der Waals surface area contributed by atoms with E-state index >= 15 is 0 Å². The van der Waals surface area contributed by atoms with E-state index in [1.807, 2.05) is 0 Å². The maximum absolute atomic E-state index is 11.4. The van der Waals surface area contributed by atoms with Crippen molar-refractivity contribution in [2.75, 3.05) is 13.1 Å². The molecule has 2 rings (SSSR count). The fourth-order valence-corrected chi connectivity index (χ4v) is 3.17. The maximum atomic E-state index is 11.4. The first-order valence-electron chi connectivity index (χ1n) is 6.33. The van der Waals surface area contributed by atoms with Crippen molar-refractivity contribution in [3.8, 4) is 0 Å². The molecular formula is C12H20N2O3. The first-order valence-corrected chi connectivity index (χ1v) is 6.33. The zero-order valence-electron chi connectivity index (χ0n) is 10.00. The summed E-state index contributed by atoms with van der Waals surface area (Å²) >= 11 is 0. The van der Waals surface area contributed by atoms with Crippen LogP contribution in [0.3, 0.4) is 0 Å². The van der Waals surface area contributed by atoms with Crippen LogP contribution in [-0.4, -0.2) is 30.2 Å². The molecule has 2 aliphatic carbocycles. The van der Waals surface area contributed by atoms with Gasteiger partial charge in [-0.2, -0.15) is 0 Å². The monoisotopic (exact) mass is 240 g/mol. The molecule has 0 unspecified atom stereocenters. The fourth-order valence-electron chi connectivity index (χ4n) is 3.17. The summed E-state index contributed by atoms with van der Waals surface area (Å²) in [6, 6.07) is -0.240. The smallest absolute Gasteiger partial charge is 0.314 e. The minimum atomic E-state index is -0.890. The number of hydrogen-bond donors (Lipinski definition) is 3. The highest BCUT2D eigenvalue weighted by Crippen LogP contribution is 2.53. The molecule has 5 nitrogen and oxygen atoms in total. The van der Waals surface area contributed by atoms with Crippen LogP contribution in [0.2, 0.25) is 0 Å². The van der Waals surface area contributed by atoms with Crippen molar-refractivity contribution in [2.24, 2.45) is 11.3 Å². The first-order chi connectivity index (χ1) is 8.10. The number of hydrogen-bond acceptors (Lipinski definition) is 2. The SMILES string of the molecule is O=C(O)CCNC(=O)NCC12CCC(CC1)C2. The van der Waals surface area contributed by atoms with E-state index in [4.69, 9.17) is 5.11 Å². The van der Waals surface area contributed by atoms with Crippen molar-refractivity contribution >= 4 is 12.0 Å². The predicted octanol–water partition coefficient (Wildman–Crippen LogP) is 1.34. The molecule has 3 N–H and O–H groups in total. The number of rotatable bonds is 5. The number of carboxylic acids is 1. The van der Waals surface area contributed by atoms with E-state index in [1.165, 1.54) is 32.1 Å². The van der Waals surface area contributed by atoms with Crippen LogP contribution in [0.4, 0.5) is 4.79 Å². The first kappa shape index (κ1) is 12.2. The van der Waals surface area contributed by atoms with E-state index < -0.39 is 5.97 Å². The number of urea groups is 1. The van der Waals surface area contributed by atoms with Gasteiger partial charge in [0.05, 0.1) is 6.42 Å². The number of amides is 2. The number of fused-ring (bicyclic) bond motifs is 2. The summed E-state index contributed by atoms with van der Waals surface area (Å²) in [6.07, 6.45) is 6.30. The molecule has 0 aromatic rings. The molecule has 96 valence electrons. The molecule has 0 aromatic carbocycles. The Bertz CT molecular complexity index is 309. The number of aliphatic carboxylic acids is 1. The van der Waals surface area contributed by atoms with Gasteiger partial charge in [0.1, 0.15) is 0 Å². The quantitative estimate of drug-likeness (QED) is 0.678. The number of nitrogens with one attached hydrogen (secondary N) is 2. The van der Waals surface area contributed by atoms with Crippen LogP contribution in [0.15, 0.2) is 0 Å². The van der Waals surface area contributed by atoms with Gasteiger partial charge in [0, 0.05) is 13.1 Å². The average Bonchev–Trinajstić information content (AvgIpc) is 2.86. The molecule has 2 fully saturated rings. The van der Waals surface area contributed by atoms with Gasteiger partial charge >= 0.3 is 12.0 Å². The lowest BCUT2D eigenvalue weighted by Gasteiger charge is -2.26. The van der Waals surface area contributed by atoms with Crippen LogP contribution in [0.1, 0.15) is 38.5 Å². The molecule has 0 aliphatic heterocycles. The molecule has 2 amide bonds. The summed E-state index contributed by atoms with van der Waals surface area (Å²) < 4.78 is 0. The van der Waals surface area contributed by atoms with Crippen molar-refractivity contribution in [3.05, 3.63) is 0 Å². The fraction of sp³-hybridized carbons (Fsp3) is 0.833. The van der Waals surface area contributed by atoms with Crippen molar-refractivity contribution in [1.82, 2.24) is 10.6 Å². The lowest BCUT2D eigenvalue weighted by atomic mass is 9.84. The lowest BCUT2D eigenvalue weighted by Crippen LogP contribution is -2.41. The molecule has 5 heteroatoms. The van der Waals surface area contributed by atoms with Crippen molar-refractivity contribution in [2.45, 2.75) is 38.5 Å². The van der Waals surface area contributed by atoms with E-state index in [0.717, 1.165) is 12.5 Å². The Kier molecular flexibility index (Phi) is 3.54. The molecule has 0 aromatic heterocycles. The highest BCUT2D eigenvalue weighted by molar-refractivity contribution is 5.75. The molecule has 0 saturated heterocycles. The topological polar surface area (TPSA) is 78.4 Å². The Morgan fingerprint density at radius 2 is 1.94 bits per heavy atom. The van der Waals surface area contributed by atoms with Gasteiger partial charge in [-0.05, 0) is 43.4 Å². The summed E-state index contributed by atoms with van der Waals surface area (Å²) in [5.41, 5.74) is 0.342. The Morgan fingerprint density at radius 3 is 2.47 bits per heavy atom. The minimum absolute atomic E-state index is 0.0271. The Labute approximate surface area is 101 Å². The summed E-state index contributed by atoms with van der Waals surface area (Å²) in [4.78, 5) is 21.7.